The Morgan fingerprint density at radius 2 is 2.36 bits per heavy atom. The van der Waals surface area contributed by atoms with Crippen LogP contribution in [0.25, 0.3) is 0 Å². The van der Waals surface area contributed by atoms with Crippen LogP contribution in [0, 0.1) is 0 Å². The van der Waals surface area contributed by atoms with E-state index in [2.05, 4.69) is 20.3 Å². The molecule has 0 spiro atoms. The number of aromatic nitrogens is 2. The number of esters is 1. The first-order valence-electron chi connectivity index (χ1n) is 3.55. The molecule has 0 aromatic carbocycles. The fraction of sp³-hybridized carbons (Fsp3) is 0.143. The molecule has 0 saturated carbocycles. The van der Waals surface area contributed by atoms with Crippen LogP contribution in [0.1, 0.15) is 0 Å². The topological polar surface area (TPSA) is 81.2 Å². The summed E-state index contributed by atoms with van der Waals surface area (Å²) in [6.45, 7) is 0. The van der Waals surface area contributed by atoms with Crippen LogP contribution >= 0.6 is 11.3 Å². The molecular formula is C7H7N3O3S. The second-order valence-electron chi connectivity index (χ2n) is 2.09. The average Bonchev–Trinajstić information content (AvgIpc) is 2.66. The van der Waals surface area contributed by atoms with Gasteiger partial charge in [-0.1, -0.05) is 11.3 Å². The standard InChI is InChI=1S/C7H7N3O3S/c1-13-6(12)3-2-5(11)9-7-10-8-4-14-7/h2-4H,1H3,(H,9,10,11)/b3-2+. The van der Waals surface area contributed by atoms with Crippen molar-refractivity contribution < 1.29 is 14.3 Å². The van der Waals surface area contributed by atoms with Crippen LogP contribution in [-0.2, 0) is 14.3 Å². The van der Waals surface area contributed by atoms with Crippen LogP contribution in [0.5, 0.6) is 0 Å². The summed E-state index contributed by atoms with van der Waals surface area (Å²) in [5.74, 6) is -1.04. The molecule has 14 heavy (non-hydrogen) atoms. The molecule has 7 heteroatoms. The van der Waals surface area contributed by atoms with E-state index in [1.54, 1.807) is 0 Å². The van der Waals surface area contributed by atoms with Crippen molar-refractivity contribution in [2.45, 2.75) is 0 Å². The zero-order chi connectivity index (χ0) is 10.4. The molecule has 0 atom stereocenters. The molecule has 1 rings (SSSR count). The summed E-state index contributed by atoms with van der Waals surface area (Å²) in [4.78, 5) is 21.7. The number of hydrogen-bond donors (Lipinski definition) is 1. The number of hydrogen-bond acceptors (Lipinski definition) is 6. The summed E-state index contributed by atoms with van der Waals surface area (Å²) in [5.41, 5.74) is 1.49. The van der Waals surface area contributed by atoms with E-state index in [-0.39, 0.29) is 0 Å². The average molecular weight is 213 g/mol. The molecule has 0 bridgehead atoms. The van der Waals surface area contributed by atoms with Gasteiger partial charge in [0.15, 0.2) is 0 Å². The van der Waals surface area contributed by atoms with Gasteiger partial charge in [0.05, 0.1) is 7.11 Å². The van der Waals surface area contributed by atoms with Crippen molar-refractivity contribution in [1.29, 1.82) is 0 Å². The summed E-state index contributed by atoms with van der Waals surface area (Å²) in [6, 6.07) is 0. The van der Waals surface area contributed by atoms with E-state index in [1.807, 2.05) is 0 Å². The third-order valence-electron chi connectivity index (χ3n) is 1.16. The van der Waals surface area contributed by atoms with Gasteiger partial charge in [0.1, 0.15) is 5.51 Å². The minimum atomic E-state index is -0.586. The molecule has 0 aliphatic rings. The molecule has 0 radical (unpaired) electrons. The molecule has 74 valence electrons. The highest BCUT2D eigenvalue weighted by Gasteiger charge is 2.01. The number of nitrogens with zero attached hydrogens (tertiary/aromatic N) is 2. The fourth-order valence-corrected chi connectivity index (χ4v) is 1.03. The van der Waals surface area contributed by atoms with Crippen LogP contribution in [0.2, 0.25) is 0 Å². The number of methoxy groups -OCH3 is 1. The molecule has 6 nitrogen and oxygen atoms in total. The van der Waals surface area contributed by atoms with E-state index in [9.17, 15) is 9.59 Å². The zero-order valence-electron chi connectivity index (χ0n) is 7.26. The van der Waals surface area contributed by atoms with Gasteiger partial charge in [-0.2, -0.15) is 0 Å². The fourth-order valence-electron chi connectivity index (χ4n) is 0.586. The zero-order valence-corrected chi connectivity index (χ0v) is 8.08. The first-order chi connectivity index (χ1) is 6.72. The third-order valence-corrected chi connectivity index (χ3v) is 1.77. The highest BCUT2D eigenvalue weighted by molar-refractivity contribution is 7.13. The van der Waals surface area contributed by atoms with Crippen molar-refractivity contribution in [3.63, 3.8) is 0 Å². The predicted molar refractivity (Wildman–Crippen MR) is 49.7 cm³/mol. The van der Waals surface area contributed by atoms with E-state index < -0.39 is 11.9 Å². The van der Waals surface area contributed by atoms with E-state index in [4.69, 9.17) is 0 Å². The predicted octanol–water partition coefficient (Wildman–Crippen LogP) is 0.206. The Bertz CT molecular complexity index is 347. The van der Waals surface area contributed by atoms with Crippen LogP contribution in [-0.4, -0.2) is 29.2 Å². The lowest BCUT2D eigenvalue weighted by atomic mass is 10.5. The quantitative estimate of drug-likeness (QED) is 0.573. The minimum absolute atomic E-state index is 0.379. The molecule has 0 aliphatic carbocycles. The number of carbonyl (C=O) groups excluding carboxylic acids is 2. The van der Waals surface area contributed by atoms with Crippen molar-refractivity contribution >= 4 is 28.3 Å². The molecule has 1 aromatic heterocycles. The molecule has 1 heterocycles. The highest BCUT2D eigenvalue weighted by Crippen LogP contribution is 2.07. The molecule has 0 unspecified atom stereocenters. The lowest BCUT2D eigenvalue weighted by Crippen LogP contribution is -2.08. The monoisotopic (exact) mass is 213 g/mol. The van der Waals surface area contributed by atoms with Crippen LogP contribution in [0.15, 0.2) is 17.7 Å². The Labute approximate surface area is 83.6 Å². The van der Waals surface area contributed by atoms with Gasteiger partial charge in [-0.3, -0.25) is 10.1 Å². The second kappa shape index (κ2) is 5.07. The minimum Gasteiger partial charge on any atom is -0.466 e. The van der Waals surface area contributed by atoms with Gasteiger partial charge >= 0.3 is 5.97 Å². The number of carbonyl (C=O) groups is 2. The number of nitrogens with one attached hydrogen (secondary N) is 1. The Balaban J connectivity index is 2.44. The lowest BCUT2D eigenvalue weighted by Gasteiger charge is -1.93. The largest absolute Gasteiger partial charge is 0.466 e. The van der Waals surface area contributed by atoms with E-state index in [1.165, 1.54) is 24.0 Å². The van der Waals surface area contributed by atoms with Gasteiger partial charge in [0, 0.05) is 12.2 Å². The van der Waals surface area contributed by atoms with Gasteiger partial charge in [-0.25, -0.2) is 4.79 Å². The maximum Gasteiger partial charge on any atom is 0.330 e. The molecule has 0 saturated heterocycles. The molecule has 0 fully saturated rings. The summed E-state index contributed by atoms with van der Waals surface area (Å²) in [6.07, 6.45) is 2.09. The van der Waals surface area contributed by atoms with Gasteiger partial charge < -0.3 is 4.74 Å². The van der Waals surface area contributed by atoms with Gasteiger partial charge in [0.25, 0.3) is 0 Å². The van der Waals surface area contributed by atoms with Gasteiger partial charge in [0.2, 0.25) is 11.0 Å². The van der Waals surface area contributed by atoms with E-state index in [0.717, 1.165) is 12.2 Å². The lowest BCUT2D eigenvalue weighted by molar-refractivity contribution is -0.135. The van der Waals surface area contributed by atoms with Crippen molar-refractivity contribution in [3.05, 3.63) is 17.7 Å². The normalized spacial score (nSPS) is 10.1. The SMILES string of the molecule is COC(=O)/C=C/C(=O)Nc1nncs1. The second-order valence-corrected chi connectivity index (χ2v) is 2.92. The van der Waals surface area contributed by atoms with E-state index >= 15 is 0 Å². The third kappa shape index (κ3) is 3.31. The molecule has 1 aromatic rings. The Hall–Kier alpha value is -1.76. The summed E-state index contributed by atoms with van der Waals surface area (Å²) < 4.78 is 4.30. The number of amides is 1. The molecule has 0 aliphatic heterocycles. The van der Waals surface area contributed by atoms with Crippen molar-refractivity contribution in [2.75, 3.05) is 12.4 Å². The Morgan fingerprint density at radius 1 is 1.57 bits per heavy atom. The van der Waals surface area contributed by atoms with Crippen molar-refractivity contribution in [2.24, 2.45) is 0 Å². The summed E-state index contributed by atoms with van der Waals surface area (Å²) in [7, 11) is 1.23. The Morgan fingerprint density at radius 3 is 2.93 bits per heavy atom. The van der Waals surface area contributed by atoms with E-state index in [0.29, 0.717) is 5.13 Å². The van der Waals surface area contributed by atoms with Crippen molar-refractivity contribution in [1.82, 2.24) is 10.2 Å². The molecule has 1 N–H and O–H groups in total. The summed E-state index contributed by atoms with van der Waals surface area (Å²) in [5, 5.41) is 9.91. The maximum atomic E-state index is 11.1. The van der Waals surface area contributed by atoms with Gasteiger partial charge in [-0.15, -0.1) is 10.2 Å². The van der Waals surface area contributed by atoms with Gasteiger partial charge in [-0.05, 0) is 0 Å². The molecular weight excluding hydrogens is 206 g/mol. The number of ether oxygens (including phenoxy) is 1. The first-order valence-corrected chi connectivity index (χ1v) is 4.43. The highest BCUT2D eigenvalue weighted by atomic mass is 32.1. The van der Waals surface area contributed by atoms with Crippen LogP contribution in [0.4, 0.5) is 5.13 Å². The smallest absolute Gasteiger partial charge is 0.330 e. The Kier molecular flexibility index (Phi) is 3.74. The van der Waals surface area contributed by atoms with Crippen LogP contribution < -0.4 is 5.32 Å². The summed E-state index contributed by atoms with van der Waals surface area (Å²) >= 11 is 1.19. The van der Waals surface area contributed by atoms with Crippen LogP contribution in [0.3, 0.4) is 0 Å². The number of anilines is 1. The van der Waals surface area contributed by atoms with Crippen molar-refractivity contribution in [3.8, 4) is 0 Å². The maximum absolute atomic E-state index is 11.1. The molecule has 1 amide bonds. The number of rotatable bonds is 3. The first kappa shape index (κ1) is 10.3.